The molecule has 1 heterocycles. The number of likely N-dealkylation sites (N-methyl/N-ethyl adjacent to an activating group) is 1. The minimum Gasteiger partial charge on any atom is -0.486 e. The fraction of sp³-hybridized carbons (Fsp3) is 0.263. The van der Waals surface area contributed by atoms with Gasteiger partial charge in [0, 0.05) is 12.1 Å². The number of para-hydroxylation sites is 2. The molecule has 0 saturated carbocycles. The van der Waals surface area contributed by atoms with Crippen molar-refractivity contribution < 1.29 is 24.2 Å². The van der Waals surface area contributed by atoms with E-state index < -0.39 is 5.97 Å². The third-order valence-corrected chi connectivity index (χ3v) is 4.04. The number of fused-ring (bicyclic) bond motifs is 1. The zero-order valence-electron chi connectivity index (χ0n) is 13.8. The quantitative estimate of drug-likeness (QED) is 0.905. The summed E-state index contributed by atoms with van der Waals surface area (Å²) in [5.74, 6) is 0.199. The third-order valence-electron chi connectivity index (χ3n) is 4.04. The van der Waals surface area contributed by atoms with Crippen LogP contribution in [0.15, 0.2) is 48.5 Å². The van der Waals surface area contributed by atoms with Crippen LogP contribution in [-0.4, -0.2) is 47.7 Å². The van der Waals surface area contributed by atoms with Crippen LogP contribution in [0.5, 0.6) is 11.5 Å². The average molecular weight is 341 g/mol. The summed E-state index contributed by atoms with van der Waals surface area (Å²) in [5.41, 5.74) is 0.601. The Hall–Kier alpha value is -3.02. The van der Waals surface area contributed by atoms with Gasteiger partial charge in [-0.1, -0.05) is 12.1 Å². The summed E-state index contributed by atoms with van der Waals surface area (Å²) >= 11 is 0. The number of ether oxygens (including phenoxy) is 2. The summed E-state index contributed by atoms with van der Waals surface area (Å²) in [4.78, 5) is 25.2. The summed E-state index contributed by atoms with van der Waals surface area (Å²) in [5, 5.41) is 8.94. The van der Waals surface area contributed by atoms with Gasteiger partial charge >= 0.3 is 5.97 Å². The number of hydrogen-bond acceptors (Lipinski definition) is 4. The third kappa shape index (κ3) is 3.74. The number of carboxylic acid groups (broad SMARTS) is 1. The number of nitrogens with zero attached hydrogens (tertiary/aromatic N) is 1. The van der Waals surface area contributed by atoms with Crippen molar-refractivity contribution in [2.75, 3.05) is 19.7 Å². The molecule has 0 saturated heterocycles. The molecule has 3 rings (SSSR count). The van der Waals surface area contributed by atoms with Crippen LogP contribution in [0.3, 0.4) is 0 Å². The highest BCUT2D eigenvalue weighted by atomic mass is 16.6. The molecule has 6 nitrogen and oxygen atoms in total. The molecule has 1 atom stereocenters. The van der Waals surface area contributed by atoms with Crippen LogP contribution in [0.2, 0.25) is 0 Å². The highest BCUT2D eigenvalue weighted by Gasteiger charge is 2.25. The summed E-state index contributed by atoms with van der Waals surface area (Å²) in [6.07, 6.45) is -0.253. The van der Waals surface area contributed by atoms with Crippen LogP contribution in [0.4, 0.5) is 0 Å². The van der Waals surface area contributed by atoms with Crippen molar-refractivity contribution in [3.05, 3.63) is 59.7 Å². The van der Waals surface area contributed by atoms with Crippen LogP contribution >= 0.6 is 0 Å². The SMILES string of the molecule is CCN(CC1COc2ccccc2O1)C(=O)c1ccc(C(=O)O)cc1. The highest BCUT2D eigenvalue weighted by Crippen LogP contribution is 2.31. The molecule has 130 valence electrons. The van der Waals surface area contributed by atoms with Crippen molar-refractivity contribution in [3.63, 3.8) is 0 Å². The van der Waals surface area contributed by atoms with Crippen LogP contribution in [0.25, 0.3) is 0 Å². The Morgan fingerprint density at radius 1 is 1.08 bits per heavy atom. The second kappa shape index (κ2) is 7.25. The molecular weight excluding hydrogens is 322 g/mol. The molecule has 6 heteroatoms. The molecule has 1 aliphatic heterocycles. The van der Waals surface area contributed by atoms with Crippen molar-refractivity contribution in [3.8, 4) is 11.5 Å². The van der Waals surface area contributed by atoms with Crippen LogP contribution in [0.1, 0.15) is 27.6 Å². The number of carbonyl (C=O) groups is 2. The predicted molar refractivity (Wildman–Crippen MR) is 91.3 cm³/mol. The summed E-state index contributed by atoms with van der Waals surface area (Å²) in [6.45, 7) is 3.17. The van der Waals surface area contributed by atoms with E-state index in [1.54, 1.807) is 4.90 Å². The van der Waals surface area contributed by atoms with E-state index in [4.69, 9.17) is 14.6 Å². The lowest BCUT2D eigenvalue weighted by atomic mass is 10.1. The van der Waals surface area contributed by atoms with Gasteiger partial charge in [-0.3, -0.25) is 4.79 Å². The lowest BCUT2D eigenvalue weighted by molar-refractivity contribution is 0.0474. The van der Waals surface area contributed by atoms with Crippen molar-refractivity contribution in [1.29, 1.82) is 0 Å². The van der Waals surface area contributed by atoms with Crippen molar-refractivity contribution in [2.24, 2.45) is 0 Å². The van der Waals surface area contributed by atoms with Gasteiger partial charge in [0.25, 0.3) is 5.91 Å². The van der Waals surface area contributed by atoms with Gasteiger partial charge in [0.15, 0.2) is 17.6 Å². The molecule has 0 spiro atoms. The minimum absolute atomic E-state index is 0.153. The van der Waals surface area contributed by atoms with Crippen LogP contribution < -0.4 is 9.47 Å². The molecule has 2 aromatic rings. The Bertz CT molecular complexity index is 772. The maximum Gasteiger partial charge on any atom is 0.335 e. The Morgan fingerprint density at radius 2 is 1.72 bits per heavy atom. The molecule has 2 aromatic carbocycles. The van der Waals surface area contributed by atoms with Crippen molar-refractivity contribution >= 4 is 11.9 Å². The van der Waals surface area contributed by atoms with E-state index in [2.05, 4.69) is 0 Å². The predicted octanol–water partition coefficient (Wildman–Crippen LogP) is 2.69. The monoisotopic (exact) mass is 341 g/mol. The molecule has 0 radical (unpaired) electrons. The minimum atomic E-state index is -1.02. The molecular formula is C19H19NO5. The number of benzene rings is 2. The van der Waals surface area contributed by atoms with E-state index in [1.165, 1.54) is 24.3 Å². The first-order valence-corrected chi connectivity index (χ1v) is 8.09. The van der Waals surface area contributed by atoms with Crippen LogP contribution in [-0.2, 0) is 0 Å². The molecule has 1 N–H and O–H groups in total. The highest BCUT2D eigenvalue weighted by molar-refractivity contribution is 5.95. The standard InChI is InChI=1S/C19H19NO5/c1-2-20(18(21)13-7-9-14(10-8-13)19(22)23)11-15-12-24-16-5-3-4-6-17(16)25-15/h3-10,15H,2,11-12H2,1H3,(H,22,23). The second-order valence-electron chi connectivity index (χ2n) is 5.72. The second-order valence-corrected chi connectivity index (χ2v) is 5.72. The van der Waals surface area contributed by atoms with E-state index in [0.717, 1.165) is 0 Å². The first-order valence-electron chi connectivity index (χ1n) is 8.09. The number of carbonyl (C=O) groups excluding carboxylic acids is 1. The number of rotatable bonds is 5. The largest absolute Gasteiger partial charge is 0.486 e. The molecule has 0 aromatic heterocycles. The maximum atomic E-state index is 12.7. The zero-order chi connectivity index (χ0) is 17.8. The normalized spacial score (nSPS) is 15.5. The zero-order valence-corrected chi connectivity index (χ0v) is 13.8. The number of aromatic carboxylic acids is 1. The molecule has 1 amide bonds. The van der Waals surface area contributed by atoms with E-state index in [9.17, 15) is 9.59 Å². The summed E-state index contributed by atoms with van der Waals surface area (Å²) < 4.78 is 11.6. The molecule has 0 aliphatic carbocycles. The van der Waals surface area contributed by atoms with Crippen molar-refractivity contribution in [1.82, 2.24) is 4.90 Å². The molecule has 0 fully saturated rings. The van der Waals surface area contributed by atoms with Gasteiger partial charge in [-0.05, 0) is 43.3 Å². The van der Waals surface area contributed by atoms with Gasteiger partial charge in [-0.15, -0.1) is 0 Å². The van der Waals surface area contributed by atoms with Crippen LogP contribution in [0, 0.1) is 0 Å². The number of carboxylic acids is 1. The Balaban J connectivity index is 1.68. The van der Waals surface area contributed by atoms with E-state index in [-0.39, 0.29) is 17.6 Å². The Kier molecular flexibility index (Phi) is 4.88. The molecule has 1 unspecified atom stereocenters. The number of amides is 1. The average Bonchev–Trinajstić information content (AvgIpc) is 2.65. The molecule has 1 aliphatic rings. The fourth-order valence-corrected chi connectivity index (χ4v) is 2.69. The van der Waals surface area contributed by atoms with E-state index >= 15 is 0 Å². The maximum absolute atomic E-state index is 12.7. The van der Waals surface area contributed by atoms with Gasteiger partial charge in [0.2, 0.25) is 0 Å². The summed E-state index contributed by atoms with van der Waals surface area (Å²) in [7, 11) is 0. The van der Waals surface area contributed by atoms with E-state index in [0.29, 0.717) is 36.8 Å². The lowest BCUT2D eigenvalue weighted by Crippen LogP contribution is -2.43. The van der Waals surface area contributed by atoms with Crippen molar-refractivity contribution in [2.45, 2.75) is 13.0 Å². The van der Waals surface area contributed by atoms with Gasteiger partial charge in [0.05, 0.1) is 12.1 Å². The first kappa shape index (κ1) is 16.8. The molecule has 25 heavy (non-hydrogen) atoms. The van der Waals surface area contributed by atoms with Gasteiger partial charge in [-0.25, -0.2) is 4.79 Å². The van der Waals surface area contributed by atoms with Gasteiger partial charge < -0.3 is 19.5 Å². The van der Waals surface area contributed by atoms with Gasteiger partial charge in [0.1, 0.15) is 6.61 Å². The number of hydrogen-bond donors (Lipinski definition) is 1. The molecule has 0 bridgehead atoms. The Morgan fingerprint density at radius 3 is 2.36 bits per heavy atom. The van der Waals surface area contributed by atoms with Gasteiger partial charge in [-0.2, -0.15) is 0 Å². The smallest absolute Gasteiger partial charge is 0.335 e. The summed E-state index contributed by atoms with van der Waals surface area (Å²) in [6, 6.07) is 13.4. The van der Waals surface area contributed by atoms with E-state index in [1.807, 2.05) is 31.2 Å². The topological polar surface area (TPSA) is 76.1 Å². The first-order chi connectivity index (χ1) is 12.1. The Labute approximate surface area is 145 Å². The fourth-order valence-electron chi connectivity index (χ4n) is 2.69. The lowest BCUT2D eigenvalue weighted by Gasteiger charge is -2.31.